The van der Waals surface area contributed by atoms with Gasteiger partial charge < -0.3 is 18.6 Å². The van der Waals surface area contributed by atoms with Crippen molar-refractivity contribution in [3.8, 4) is 34.0 Å². The van der Waals surface area contributed by atoms with Crippen LogP contribution in [0.15, 0.2) is 63.9 Å². The van der Waals surface area contributed by atoms with E-state index in [4.69, 9.17) is 14.0 Å². The van der Waals surface area contributed by atoms with E-state index >= 15 is 0 Å². The van der Waals surface area contributed by atoms with Gasteiger partial charge in [0.1, 0.15) is 11.1 Å². The molecule has 0 N–H and O–H groups in total. The highest BCUT2D eigenvalue weighted by Gasteiger charge is 2.20. The largest absolute Gasteiger partial charge is 0.454 e. The SMILES string of the molecule is Cn1c(-c2ccc3c(c2)OCO3)cc2onc(-c3ccccc3)c2c1=O. The first-order valence-electron chi connectivity index (χ1n) is 8.17. The molecule has 0 aliphatic carbocycles. The van der Waals surface area contributed by atoms with Crippen molar-refractivity contribution in [2.45, 2.75) is 0 Å². The predicted octanol–water partition coefficient (Wildman–Crippen LogP) is 3.59. The average Bonchev–Trinajstić information content (AvgIpc) is 3.31. The van der Waals surface area contributed by atoms with Gasteiger partial charge in [-0.15, -0.1) is 0 Å². The minimum absolute atomic E-state index is 0.157. The molecular weight excluding hydrogens is 332 g/mol. The van der Waals surface area contributed by atoms with E-state index in [0.717, 1.165) is 16.8 Å². The van der Waals surface area contributed by atoms with Crippen molar-refractivity contribution in [3.63, 3.8) is 0 Å². The molecular formula is C20H14N2O4. The molecule has 26 heavy (non-hydrogen) atoms. The first-order chi connectivity index (χ1) is 12.7. The van der Waals surface area contributed by atoms with E-state index in [0.29, 0.717) is 28.2 Å². The Hall–Kier alpha value is -3.54. The second kappa shape index (κ2) is 5.49. The van der Waals surface area contributed by atoms with Crippen LogP contribution in [0.4, 0.5) is 0 Å². The zero-order valence-electron chi connectivity index (χ0n) is 13.9. The lowest BCUT2D eigenvalue weighted by atomic mass is 10.1. The summed E-state index contributed by atoms with van der Waals surface area (Å²) in [7, 11) is 1.74. The Balaban J connectivity index is 1.72. The summed E-state index contributed by atoms with van der Waals surface area (Å²) in [5.74, 6) is 1.36. The number of ether oxygens (including phenoxy) is 2. The fourth-order valence-electron chi connectivity index (χ4n) is 3.23. The number of aromatic nitrogens is 2. The summed E-state index contributed by atoms with van der Waals surface area (Å²) in [5.41, 5.74) is 3.26. The summed E-state index contributed by atoms with van der Waals surface area (Å²) in [5, 5.41) is 4.60. The third-order valence-corrected chi connectivity index (χ3v) is 4.58. The van der Waals surface area contributed by atoms with Gasteiger partial charge in [-0.2, -0.15) is 0 Å². The highest BCUT2D eigenvalue weighted by Crippen LogP contribution is 2.36. The third-order valence-electron chi connectivity index (χ3n) is 4.58. The molecule has 1 aliphatic rings. The Kier molecular flexibility index (Phi) is 3.12. The molecule has 2 aromatic heterocycles. The Bertz CT molecular complexity index is 1190. The number of hydrogen-bond acceptors (Lipinski definition) is 5. The maximum atomic E-state index is 13.0. The first kappa shape index (κ1) is 14.8. The Labute approximate surface area is 148 Å². The van der Waals surface area contributed by atoms with Gasteiger partial charge in [-0.3, -0.25) is 4.79 Å². The molecule has 1 aliphatic heterocycles. The summed E-state index contributed by atoms with van der Waals surface area (Å²) in [6, 6.07) is 16.9. The van der Waals surface area contributed by atoms with E-state index in [1.165, 1.54) is 0 Å². The molecule has 0 bridgehead atoms. The maximum absolute atomic E-state index is 13.0. The second-order valence-electron chi connectivity index (χ2n) is 6.10. The van der Waals surface area contributed by atoms with Crippen LogP contribution in [-0.4, -0.2) is 16.5 Å². The Morgan fingerprint density at radius 3 is 2.62 bits per heavy atom. The molecule has 3 heterocycles. The number of fused-ring (bicyclic) bond motifs is 2. The zero-order chi connectivity index (χ0) is 17.7. The lowest BCUT2D eigenvalue weighted by Gasteiger charge is -2.09. The molecule has 6 heteroatoms. The van der Waals surface area contributed by atoms with Crippen molar-refractivity contribution >= 4 is 11.0 Å². The summed E-state index contributed by atoms with van der Waals surface area (Å²) in [6.07, 6.45) is 0. The standard InChI is InChI=1S/C20H14N2O4/c1-22-14(13-7-8-15-16(9-13)25-11-24-15)10-17-18(20(22)23)19(21-26-17)12-5-3-2-4-6-12/h2-10H,11H2,1H3. The molecule has 0 saturated heterocycles. The van der Waals surface area contributed by atoms with Crippen LogP contribution in [0.2, 0.25) is 0 Å². The van der Waals surface area contributed by atoms with Gasteiger partial charge in [-0.25, -0.2) is 0 Å². The van der Waals surface area contributed by atoms with E-state index in [1.54, 1.807) is 11.6 Å². The number of pyridine rings is 1. The fraction of sp³-hybridized carbons (Fsp3) is 0.100. The number of hydrogen-bond donors (Lipinski definition) is 0. The van der Waals surface area contributed by atoms with Gasteiger partial charge in [0, 0.05) is 24.2 Å². The average molecular weight is 346 g/mol. The molecule has 5 rings (SSSR count). The van der Waals surface area contributed by atoms with Crippen LogP contribution in [0.25, 0.3) is 33.5 Å². The second-order valence-corrected chi connectivity index (χ2v) is 6.10. The Morgan fingerprint density at radius 1 is 0.962 bits per heavy atom. The third kappa shape index (κ3) is 2.12. The molecule has 6 nitrogen and oxygen atoms in total. The van der Waals surface area contributed by atoms with Crippen molar-refractivity contribution in [2.24, 2.45) is 7.05 Å². The van der Waals surface area contributed by atoms with Crippen LogP contribution >= 0.6 is 0 Å². The van der Waals surface area contributed by atoms with Crippen LogP contribution < -0.4 is 15.0 Å². The van der Waals surface area contributed by atoms with Crippen LogP contribution in [0.1, 0.15) is 0 Å². The van der Waals surface area contributed by atoms with Crippen molar-refractivity contribution in [2.75, 3.05) is 6.79 Å². The van der Waals surface area contributed by atoms with E-state index in [2.05, 4.69) is 5.16 Å². The summed E-state index contributed by atoms with van der Waals surface area (Å²) in [6.45, 7) is 0.208. The summed E-state index contributed by atoms with van der Waals surface area (Å²) in [4.78, 5) is 13.0. The normalized spacial score (nSPS) is 12.7. The smallest absolute Gasteiger partial charge is 0.264 e. The molecule has 0 radical (unpaired) electrons. The highest BCUT2D eigenvalue weighted by atomic mass is 16.7. The van der Waals surface area contributed by atoms with E-state index in [1.807, 2.05) is 54.6 Å². The van der Waals surface area contributed by atoms with E-state index in [9.17, 15) is 4.79 Å². The number of rotatable bonds is 2. The molecule has 0 saturated carbocycles. The van der Waals surface area contributed by atoms with E-state index < -0.39 is 0 Å². The molecule has 0 spiro atoms. The monoisotopic (exact) mass is 346 g/mol. The summed E-state index contributed by atoms with van der Waals surface area (Å²) >= 11 is 0. The van der Waals surface area contributed by atoms with Crippen molar-refractivity contribution in [3.05, 3.63) is 65.0 Å². The zero-order valence-corrected chi connectivity index (χ0v) is 13.9. The van der Waals surface area contributed by atoms with Gasteiger partial charge in [-0.1, -0.05) is 35.5 Å². The number of nitrogens with zero attached hydrogens (tertiary/aromatic N) is 2. The van der Waals surface area contributed by atoms with E-state index in [-0.39, 0.29) is 12.4 Å². The first-order valence-corrected chi connectivity index (χ1v) is 8.17. The quantitative estimate of drug-likeness (QED) is 0.555. The van der Waals surface area contributed by atoms with Crippen LogP contribution in [-0.2, 0) is 7.05 Å². The van der Waals surface area contributed by atoms with Gasteiger partial charge in [0.05, 0.1) is 5.69 Å². The molecule has 2 aromatic carbocycles. The molecule has 4 aromatic rings. The highest BCUT2D eigenvalue weighted by molar-refractivity contribution is 5.92. The fourth-order valence-corrected chi connectivity index (χ4v) is 3.23. The molecule has 128 valence electrons. The van der Waals surface area contributed by atoms with Crippen molar-refractivity contribution in [1.29, 1.82) is 0 Å². The van der Waals surface area contributed by atoms with Crippen molar-refractivity contribution < 1.29 is 14.0 Å². The lowest BCUT2D eigenvalue weighted by Crippen LogP contribution is -2.18. The van der Waals surface area contributed by atoms with Gasteiger partial charge in [-0.05, 0) is 18.2 Å². The molecule has 0 atom stereocenters. The van der Waals surface area contributed by atoms with Crippen LogP contribution in [0, 0.1) is 0 Å². The maximum Gasteiger partial charge on any atom is 0.264 e. The lowest BCUT2D eigenvalue weighted by molar-refractivity contribution is 0.174. The molecule has 0 unspecified atom stereocenters. The van der Waals surface area contributed by atoms with Crippen LogP contribution in [0.5, 0.6) is 11.5 Å². The summed E-state index contributed by atoms with van der Waals surface area (Å²) < 4.78 is 17.9. The predicted molar refractivity (Wildman–Crippen MR) is 96.2 cm³/mol. The van der Waals surface area contributed by atoms with Gasteiger partial charge >= 0.3 is 0 Å². The molecule has 0 amide bonds. The number of benzene rings is 2. The minimum atomic E-state index is -0.157. The minimum Gasteiger partial charge on any atom is -0.454 e. The van der Waals surface area contributed by atoms with Crippen LogP contribution in [0.3, 0.4) is 0 Å². The van der Waals surface area contributed by atoms with Gasteiger partial charge in [0.2, 0.25) is 6.79 Å². The Morgan fingerprint density at radius 2 is 1.77 bits per heavy atom. The van der Waals surface area contributed by atoms with Gasteiger partial charge in [0.25, 0.3) is 5.56 Å². The molecule has 0 fully saturated rings. The van der Waals surface area contributed by atoms with Gasteiger partial charge in [0.15, 0.2) is 17.1 Å². The van der Waals surface area contributed by atoms with Crippen molar-refractivity contribution in [1.82, 2.24) is 9.72 Å². The topological polar surface area (TPSA) is 66.5 Å².